The first kappa shape index (κ1) is 16.6. The van der Waals surface area contributed by atoms with Crippen molar-refractivity contribution in [3.8, 4) is 0 Å². The van der Waals surface area contributed by atoms with Gasteiger partial charge in [0.2, 0.25) is 0 Å². The molecule has 0 radical (unpaired) electrons. The van der Waals surface area contributed by atoms with E-state index in [9.17, 15) is 18.6 Å². The van der Waals surface area contributed by atoms with Crippen LogP contribution in [0.4, 0.5) is 0 Å². The second-order valence-electron chi connectivity index (χ2n) is 4.84. The number of benzene rings is 1. The zero-order valence-corrected chi connectivity index (χ0v) is 13.2. The Hall–Kier alpha value is -0.430. The minimum Gasteiger partial charge on any atom is -0.395 e. The maximum absolute atomic E-state index is 11.2. The normalized spacial score (nSPS) is 12.6. The molecule has 0 atom stereocenters. The molecule has 108 valence electrons. The van der Waals surface area contributed by atoms with E-state index in [0.717, 1.165) is 10.0 Å². The van der Waals surface area contributed by atoms with E-state index < -0.39 is 15.3 Å². The first-order valence-electron chi connectivity index (χ1n) is 5.98. The topological polar surface area (TPSA) is 74.6 Å². The number of sulfone groups is 1. The highest BCUT2D eigenvalue weighted by atomic mass is 79.9. The lowest BCUT2D eigenvalue weighted by Gasteiger charge is -2.30. The van der Waals surface area contributed by atoms with Crippen LogP contribution in [0.1, 0.15) is 18.4 Å². The number of rotatable bonds is 7. The third-order valence-corrected chi connectivity index (χ3v) is 4.74. The van der Waals surface area contributed by atoms with Crippen molar-refractivity contribution in [1.29, 1.82) is 0 Å². The zero-order valence-electron chi connectivity index (χ0n) is 10.8. The van der Waals surface area contributed by atoms with Crippen molar-refractivity contribution in [3.05, 3.63) is 34.3 Å². The first-order chi connectivity index (χ1) is 8.83. The van der Waals surface area contributed by atoms with Gasteiger partial charge < -0.3 is 10.2 Å². The van der Waals surface area contributed by atoms with Gasteiger partial charge in [0.1, 0.15) is 9.84 Å². The first-order valence-corrected chi connectivity index (χ1v) is 8.84. The Balaban J connectivity index is 2.91. The number of hydrogen-bond donors (Lipinski definition) is 2. The molecule has 0 bridgehead atoms. The molecule has 0 heterocycles. The van der Waals surface area contributed by atoms with E-state index in [2.05, 4.69) is 15.9 Å². The molecule has 0 amide bonds. The van der Waals surface area contributed by atoms with Crippen molar-refractivity contribution in [2.45, 2.75) is 18.3 Å². The minimum atomic E-state index is -3.03. The van der Waals surface area contributed by atoms with E-state index in [4.69, 9.17) is 0 Å². The molecule has 1 aromatic rings. The largest absolute Gasteiger partial charge is 0.395 e. The van der Waals surface area contributed by atoms with E-state index >= 15 is 0 Å². The predicted octanol–water partition coefficient (Wildman–Crippen LogP) is 1.50. The summed E-state index contributed by atoms with van der Waals surface area (Å²) < 4.78 is 23.2. The lowest BCUT2D eigenvalue weighted by molar-refractivity contribution is 0.109. The summed E-state index contributed by atoms with van der Waals surface area (Å²) in [6, 6.07) is 7.36. The summed E-state index contributed by atoms with van der Waals surface area (Å²) >= 11 is 3.35. The van der Waals surface area contributed by atoms with Gasteiger partial charge >= 0.3 is 0 Å². The van der Waals surface area contributed by atoms with Crippen molar-refractivity contribution in [1.82, 2.24) is 0 Å². The minimum absolute atomic E-state index is 0.0583. The van der Waals surface area contributed by atoms with Crippen LogP contribution in [0, 0.1) is 0 Å². The summed E-state index contributed by atoms with van der Waals surface area (Å²) in [7, 11) is -3.03. The molecule has 2 N–H and O–H groups in total. The molecule has 0 aliphatic rings. The molecular formula is C13H19BrO4S. The molecule has 1 rings (SSSR count). The molecule has 1 aromatic carbocycles. The number of hydrogen-bond acceptors (Lipinski definition) is 4. The van der Waals surface area contributed by atoms with Gasteiger partial charge in [0, 0.05) is 21.9 Å². The molecule has 0 fully saturated rings. The van der Waals surface area contributed by atoms with Crippen molar-refractivity contribution < 1.29 is 18.6 Å². The molecule has 6 heteroatoms. The Morgan fingerprint density at radius 3 is 2.37 bits per heavy atom. The lowest BCUT2D eigenvalue weighted by atomic mass is 9.78. The van der Waals surface area contributed by atoms with Gasteiger partial charge in [-0.1, -0.05) is 28.1 Å². The lowest BCUT2D eigenvalue weighted by Crippen LogP contribution is -2.35. The van der Waals surface area contributed by atoms with Gasteiger partial charge in [0.15, 0.2) is 0 Å². The Kier molecular flexibility index (Phi) is 5.98. The van der Waals surface area contributed by atoms with Crippen LogP contribution in [0.15, 0.2) is 28.7 Å². The monoisotopic (exact) mass is 350 g/mol. The fourth-order valence-electron chi connectivity index (χ4n) is 2.03. The van der Waals surface area contributed by atoms with Crippen LogP contribution in [0.2, 0.25) is 0 Å². The predicted molar refractivity (Wildman–Crippen MR) is 78.9 cm³/mol. The smallest absolute Gasteiger partial charge is 0.147 e. The molecular weight excluding hydrogens is 332 g/mol. The van der Waals surface area contributed by atoms with Gasteiger partial charge in [-0.15, -0.1) is 0 Å². The Labute approximate surface area is 122 Å². The molecule has 0 unspecified atom stereocenters. The molecule has 0 saturated heterocycles. The van der Waals surface area contributed by atoms with Gasteiger partial charge in [0.25, 0.3) is 0 Å². The van der Waals surface area contributed by atoms with Crippen molar-refractivity contribution in [2.24, 2.45) is 0 Å². The quantitative estimate of drug-likeness (QED) is 0.781. The third kappa shape index (κ3) is 4.87. The third-order valence-electron chi connectivity index (χ3n) is 3.21. The average molecular weight is 351 g/mol. The van der Waals surface area contributed by atoms with Crippen LogP contribution < -0.4 is 0 Å². The van der Waals surface area contributed by atoms with E-state index in [0.29, 0.717) is 12.8 Å². The van der Waals surface area contributed by atoms with Crippen LogP contribution in [0.25, 0.3) is 0 Å². The molecule has 0 aliphatic carbocycles. The highest BCUT2D eigenvalue weighted by molar-refractivity contribution is 9.10. The molecule has 0 saturated carbocycles. The second-order valence-corrected chi connectivity index (χ2v) is 8.02. The van der Waals surface area contributed by atoms with E-state index in [1.165, 1.54) is 6.26 Å². The van der Waals surface area contributed by atoms with E-state index in [-0.39, 0.29) is 19.0 Å². The molecule has 0 aliphatic heterocycles. The maximum Gasteiger partial charge on any atom is 0.147 e. The van der Waals surface area contributed by atoms with Gasteiger partial charge in [0.05, 0.1) is 13.2 Å². The summed E-state index contributed by atoms with van der Waals surface area (Å²) in [5.41, 5.74) is 0.00875. The van der Waals surface area contributed by atoms with Crippen LogP contribution >= 0.6 is 15.9 Å². The average Bonchev–Trinajstić information content (AvgIpc) is 2.34. The zero-order chi connectivity index (χ0) is 14.5. The summed E-state index contributed by atoms with van der Waals surface area (Å²) in [6.45, 7) is -0.437. The van der Waals surface area contributed by atoms with Gasteiger partial charge in [-0.25, -0.2) is 8.42 Å². The fraction of sp³-hybridized carbons (Fsp3) is 0.538. The Bertz CT molecular complexity index is 509. The highest BCUT2D eigenvalue weighted by Crippen LogP contribution is 2.30. The van der Waals surface area contributed by atoms with Gasteiger partial charge in [-0.05, 0) is 30.5 Å². The van der Waals surface area contributed by atoms with E-state index in [1.807, 2.05) is 24.3 Å². The molecule has 4 nitrogen and oxygen atoms in total. The Morgan fingerprint density at radius 1 is 1.26 bits per heavy atom. The number of halogens is 1. The second kappa shape index (κ2) is 6.83. The van der Waals surface area contributed by atoms with Gasteiger partial charge in [-0.3, -0.25) is 0 Å². The standard InChI is InChI=1S/C13H19BrO4S/c1-19(17,18)7-3-6-13(9-15,10-16)11-4-2-5-12(14)8-11/h2,4-5,8,15-16H,3,6-7,9-10H2,1H3. The fourth-order valence-corrected chi connectivity index (χ4v) is 3.09. The van der Waals surface area contributed by atoms with Crippen molar-refractivity contribution in [2.75, 3.05) is 25.2 Å². The van der Waals surface area contributed by atoms with Crippen molar-refractivity contribution in [3.63, 3.8) is 0 Å². The van der Waals surface area contributed by atoms with Crippen LogP contribution in [0.5, 0.6) is 0 Å². The van der Waals surface area contributed by atoms with Gasteiger partial charge in [-0.2, -0.15) is 0 Å². The van der Waals surface area contributed by atoms with E-state index in [1.54, 1.807) is 0 Å². The van der Waals surface area contributed by atoms with Crippen LogP contribution in [-0.2, 0) is 15.3 Å². The maximum atomic E-state index is 11.2. The number of aliphatic hydroxyl groups excluding tert-OH is 2. The molecule has 0 aromatic heterocycles. The van der Waals surface area contributed by atoms with Crippen LogP contribution in [0.3, 0.4) is 0 Å². The number of aliphatic hydroxyl groups is 2. The highest BCUT2D eigenvalue weighted by Gasteiger charge is 2.31. The SMILES string of the molecule is CS(=O)(=O)CCCC(CO)(CO)c1cccc(Br)c1. The summed E-state index contributed by atoms with van der Waals surface area (Å²) in [4.78, 5) is 0. The molecule has 0 spiro atoms. The van der Waals surface area contributed by atoms with Crippen molar-refractivity contribution >= 4 is 25.8 Å². The summed E-state index contributed by atoms with van der Waals surface area (Å²) in [5.74, 6) is 0.0583. The Morgan fingerprint density at radius 2 is 1.89 bits per heavy atom. The summed E-state index contributed by atoms with van der Waals surface area (Å²) in [6.07, 6.45) is 2.02. The molecule has 19 heavy (non-hydrogen) atoms. The van der Waals surface area contributed by atoms with Crippen LogP contribution in [-0.4, -0.2) is 43.9 Å². The summed E-state index contributed by atoms with van der Waals surface area (Å²) in [5, 5.41) is 19.3.